The zero-order valence-corrected chi connectivity index (χ0v) is 11.6. The average Bonchev–Trinajstić information content (AvgIpc) is 2.46. The van der Waals surface area contributed by atoms with Crippen LogP contribution in [0.4, 0.5) is 0 Å². The van der Waals surface area contributed by atoms with E-state index in [1.54, 1.807) is 24.3 Å². The third-order valence-corrected chi connectivity index (χ3v) is 3.26. The van der Waals surface area contributed by atoms with E-state index in [0.29, 0.717) is 12.1 Å². The van der Waals surface area contributed by atoms with Crippen LogP contribution in [0.25, 0.3) is 11.1 Å². The minimum absolute atomic E-state index is 0.00503. The fraction of sp³-hybridized carbons (Fsp3) is 0.250. The number of hydrogen-bond acceptors (Lipinski definition) is 2. The van der Waals surface area contributed by atoms with Crippen molar-refractivity contribution in [2.75, 3.05) is 13.6 Å². The summed E-state index contributed by atoms with van der Waals surface area (Å²) in [5, 5.41) is 0. The van der Waals surface area contributed by atoms with Gasteiger partial charge in [-0.25, -0.2) is 0 Å². The van der Waals surface area contributed by atoms with Crippen molar-refractivity contribution in [2.24, 2.45) is 0 Å². The Kier molecular flexibility index (Phi) is 3.95. The van der Waals surface area contributed by atoms with E-state index in [9.17, 15) is 4.79 Å². The molecule has 0 aliphatic heterocycles. The number of nitrogens with zero attached hydrogens (tertiary/aromatic N) is 2. The first kappa shape index (κ1) is 13.3. The van der Waals surface area contributed by atoms with Gasteiger partial charge in [0.1, 0.15) is 0 Å². The van der Waals surface area contributed by atoms with E-state index in [1.165, 1.54) is 5.56 Å². The van der Waals surface area contributed by atoms with Gasteiger partial charge in [0.05, 0.1) is 5.56 Å². The zero-order chi connectivity index (χ0) is 13.8. The molecule has 0 saturated heterocycles. The molecule has 0 unspecified atom stereocenters. The molecule has 0 saturated carbocycles. The quantitative estimate of drug-likeness (QED) is 0.843. The van der Waals surface area contributed by atoms with Gasteiger partial charge in [-0.15, -0.1) is 0 Å². The Hall–Kier alpha value is -2.16. The van der Waals surface area contributed by atoms with Gasteiger partial charge in [-0.05, 0) is 31.0 Å². The second-order valence-electron chi connectivity index (χ2n) is 4.60. The predicted molar refractivity (Wildman–Crippen MR) is 77.0 cm³/mol. The van der Waals surface area contributed by atoms with E-state index in [0.717, 1.165) is 11.1 Å². The van der Waals surface area contributed by atoms with Gasteiger partial charge in [-0.3, -0.25) is 9.78 Å². The Morgan fingerprint density at radius 1 is 1.26 bits per heavy atom. The molecule has 0 atom stereocenters. The highest BCUT2D eigenvalue weighted by Gasteiger charge is 2.11. The highest BCUT2D eigenvalue weighted by atomic mass is 16.2. The van der Waals surface area contributed by atoms with Crippen LogP contribution in [0, 0.1) is 6.92 Å². The number of pyridine rings is 1. The number of aryl methyl sites for hydroxylation is 1. The number of benzene rings is 1. The third-order valence-electron chi connectivity index (χ3n) is 3.26. The van der Waals surface area contributed by atoms with Crippen LogP contribution in [-0.4, -0.2) is 29.4 Å². The van der Waals surface area contributed by atoms with Crippen LogP contribution < -0.4 is 0 Å². The molecule has 0 bridgehead atoms. The van der Waals surface area contributed by atoms with Gasteiger partial charge in [-0.2, -0.15) is 0 Å². The molecule has 2 aromatic rings. The van der Waals surface area contributed by atoms with Crippen molar-refractivity contribution in [2.45, 2.75) is 13.8 Å². The van der Waals surface area contributed by atoms with Gasteiger partial charge in [0.15, 0.2) is 0 Å². The second kappa shape index (κ2) is 5.65. The maximum atomic E-state index is 12.1. The van der Waals surface area contributed by atoms with Crippen LogP contribution in [0.5, 0.6) is 0 Å². The van der Waals surface area contributed by atoms with Gasteiger partial charge in [0, 0.05) is 31.5 Å². The summed E-state index contributed by atoms with van der Waals surface area (Å²) < 4.78 is 0. The van der Waals surface area contributed by atoms with E-state index < -0.39 is 0 Å². The molecule has 0 N–H and O–H groups in total. The summed E-state index contributed by atoms with van der Waals surface area (Å²) in [6.45, 7) is 4.70. The van der Waals surface area contributed by atoms with Crippen molar-refractivity contribution in [3.8, 4) is 11.1 Å². The highest BCUT2D eigenvalue weighted by Crippen LogP contribution is 2.23. The molecule has 0 radical (unpaired) electrons. The summed E-state index contributed by atoms with van der Waals surface area (Å²) in [6.07, 6.45) is 3.42. The van der Waals surface area contributed by atoms with Gasteiger partial charge < -0.3 is 4.90 Å². The maximum Gasteiger partial charge on any atom is 0.255 e. The molecule has 19 heavy (non-hydrogen) atoms. The minimum Gasteiger partial charge on any atom is -0.342 e. The minimum atomic E-state index is 0.00503. The molecule has 3 nitrogen and oxygen atoms in total. The summed E-state index contributed by atoms with van der Waals surface area (Å²) in [5.41, 5.74) is 3.90. The summed E-state index contributed by atoms with van der Waals surface area (Å²) in [6, 6.07) is 10.0. The monoisotopic (exact) mass is 254 g/mol. The first-order chi connectivity index (χ1) is 9.13. The lowest BCUT2D eigenvalue weighted by Gasteiger charge is -2.15. The van der Waals surface area contributed by atoms with Crippen molar-refractivity contribution < 1.29 is 4.79 Å². The summed E-state index contributed by atoms with van der Waals surface area (Å²) in [7, 11) is 1.79. The normalized spacial score (nSPS) is 10.3. The predicted octanol–water partition coefficient (Wildman–Crippen LogP) is 3.15. The van der Waals surface area contributed by atoms with E-state index in [1.807, 2.05) is 31.2 Å². The lowest BCUT2D eigenvalue weighted by molar-refractivity contribution is 0.0802. The first-order valence-corrected chi connectivity index (χ1v) is 6.40. The van der Waals surface area contributed by atoms with Crippen molar-refractivity contribution in [1.29, 1.82) is 0 Å². The van der Waals surface area contributed by atoms with Crippen molar-refractivity contribution in [3.05, 3.63) is 53.9 Å². The SMILES string of the molecule is CCN(C)C(=O)c1cncc(-c2ccccc2C)c1. The number of amides is 1. The van der Waals surface area contributed by atoms with Crippen LogP contribution >= 0.6 is 0 Å². The Balaban J connectivity index is 2.40. The number of hydrogen-bond donors (Lipinski definition) is 0. The van der Waals surface area contributed by atoms with Gasteiger partial charge in [0.2, 0.25) is 0 Å². The molecular formula is C16H18N2O. The molecule has 3 heteroatoms. The molecule has 1 heterocycles. The molecule has 1 aromatic heterocycles. The van der Waals surface area contributed by atoms with Crippen molar-refractivity contribution in [1.82, 2.24) is 9.88 Å². The zero-order valence-electron chi connectivity index (χ0n) is 11.6. The average molecular weight is 254 g/mol. The lowest BCUT2D eigenvalue weighted by Crippen LogP contribution is -2.26. The molecule has 0 spiro atoms. The third kappa shape index (κ3) is 2.81. The molecule has 0 aliphatic rings. The largest absolute Gasteiger partial charge is 0.342 e. The summed E-state index contributed by atoms with van der Waals surface area (Å²) in [4.78, 5) is 18.0. The Bertz CT molecular complexity index is 593. The number of aromatic nitrogens is 1. The van der Waals surface area contributed by atoms with Crippen molar-refractivity contribution >= 4 is 5.91 Å². The van der Waals surface area contributed by atoms with Crippen LogP contribution in [0.15, 0.2) is 42.7 Å². The lowest BCUT2D eigenvalue weighted by atomic mass is 10.0. The highest BCUT2D eigenvalue weighted by molar-refractivity contribution is 5.95. The summed E-state index contributed by atoms with van der Waals surface area (Å²) in [5.74, 6) is 0.00503. The van der Waals surface area contributed by atoms with E-state index in [-0.39, 0.29) is 5.91 Å². The van der Waals surface area contributed by atoms with E-state index in [4.69, 9.17) is 0 Å². The van der Waals surface area contributed by atoms with Crippen LogP contribution in [0.1, 0.15) is 22.8 Å². The standard InChI is InChI=1S/C16H18N2O/c1-4-18(3)16(19)14-9-13(10-17-11-14)15-8-6-5-7-12(15)2/h5-11H,4H2,1-3H3. The van der Waals surface area contributed by atoms with Crippen LogP contribution in [0.3, 0.4) is 0 Å². The number of carbonyl (C=O) groups excluding carboxylic acids is 1. The Morgan fingerprint density at radius 3 is 2.68 bits per heavy atom. The molecule has 0 aliphatic carbocycles. The second-order valence-corrected chi connectivity index (χ2v) is 4.60. The fourth-order valence-corrected chi connectivity index (χ4v) is 1.96. The molecular weight excluding hydrogens is 236 g/mol. The summed E-state index contributed by atoms with van der Waals surface area (Å²) >= 11 is 0. The first-order valence-electron chi connectivity index (χ1n) is 6.40. The number of carbonyl (C=O) groups is 1. The smallest absolute Gasteiger partial charge is 0.255 e. The molecule has 98 valence electrons. The van der Waals surface area contributed by atoms with E-state index in [2.05, 4.69) is 18.0 Å². The van der Waals surface area contributed by atoms with E-state index >= 15 is 0 Å². The van der Waals surface area contributed by atoms with Gasteiger partial charge in [-0.1, -0.05) is 24.3 Å². The van der Waals surface area contributed by atoms with Gasteiger partial charge >= 0.3 is 0 Å². The molecule has 2 rings (SSSR count). The van der Waals surface area contributed by atoms with Crippen LogP contribution in [-0.2, 0) is 0 Å². The topological polar surface area (TPSA) is 33.2 Å². The molecule has 0 fully saturated rings. The number of rotatable bonds is 3. The van der Waals surface area contributed by atoms with Crippen molar-refractivity contribution in [3.63, 3.8) is 0 Å². The maximum absolute atomic E-state index is 12.1. The fourth-order valence-electron chi connectivity index (χ4n) is 1.96. The van der Waals surface area contributed by atoms with Crippen LogP contribution in [0.2, 0.25) is 0 Å². The molecule has 1 aromatic carbocycles. The Labute approximate surface area is 113 Å². The molecule has 1 amide bonds. The Morgan fingerprint density at radius 2 is 2.00 bits per heavy atom. The van der Waals surface area contributed by atoms with Gasteiger partial charge in [0.25, 0.3) is 5.91 Å².